The maximum atomic E-state index is 12.3. The van der Waals surface area contributed by atoms with Crippen LogP contribution >= 0.6 is 0 Å². The zero-order valence-electron chi connectivity index (χ0n) is 12.6. The molecule has 1 atom stereocenters. The molecule has 1 aromatic heterocycles. The maximum Gasteiger partial charge on any atom is 0.227 e. The van der Waals surface area contributed by atoms with Gasteiger partial charge >= 0.3 is 0 Å². The van der Waals surface area contributed by atoms with Gasteiger partial charge in [0.1, 0.15) is 5.76 Å². The second-order valence-corrected chi connectivity index (χ2v) is 6.34. The summed E-state index contributed by atoms with van der Waals surface area (Å²) in [5, 5.41) is 3.03. The summed E-state index contributed by atoms with van der Waals surface area (Å²) in [7, 11) is 0. The van der Waals surface area contributed by atoms with Crippen molar-refractivity contribution in [3.63, 3.8) is 0 Å². The molecule has 1 amide bonds. The van der Waals surface area contributed by atoms with Gasteiger partial charge in [0.15, 0.2) is 0 Å². The SMILES string of the molecule is CC(CCc1ccco1)NC(=O)C(C)(C)C(C)(C)N. The van der Waals surface area contributed by atoms with Crippen LogP contribution in [0, 0.1) is 5.41 Å². The molecule has 0 spiro atoms. The van der Waals surface area contributed by atoms with E-state index in [1.807, 2.05) is 46.8 Å². The van der Waals surface area contributed by atoms with Gasteiger partial charge in [-0.2, -0.15) is 0 Å². The van der Waals surface area contributed by atoms with Crippen LogP contribution in [0.2, 0.25) is 0 Å². The molecule has 4 nitrogen and oxygen atoms in total. The molecule has 0 aliphatic heterocycles. The van der Waals surface area contributed by atoms with E-state index in [1.54, 1.807) is 6.26 Å². The van der Waals surface area contributed by atoms with Gasteiger partial charge in [-0.15, -0.1) is 0 Å². The largest absolute Gasteiger partial charge is 0.469 e. The number of aryl methyl sites for hydroxylation is 1. The first-order valence-corrected chi connectivity index (χ1v) is 6.77. The highest BCUT2D eigenvalue weighted by Gasteiger charge is 2.40. The van der Waals surface area contributed by atoms with Crippen molar-refractivity contribution < 1.29 is 9.21 Å². The molecule has 4 heteroatoms. The molecule has 0 saturated heterocycles. The Balaban J connectivity index is 2.48. The van der Waals surface area contributed by atoms with E-state index in [1.165, 1.54) is 0 Å². The molecule has 1 unspecified atom stereocenters. The lowest BCUT2D eigenvalue weighted by molar-refractivity contribution is -0.132. The minimum atomic E-state index is -0.605. The van der Waals surface area contributed by atoms with Crippen molar-refractivity contribution in [3.8, 4) is 0 Å². The van der Waals surface area contributed by atoms with E-state index in [9.17, 15) is 4.79 Å². The van der Waals surface area contributed by atoms with Crippen molar-refractivity contribution in [3.05, 3.63) is 24.2 Å². The predicted octanol–water partition coefficient (Wildman–Crippen LogP) is 2.48. The molecule has 0 fully saturated rings. The van der Waals surface area contributed by atoms with Crippen molar-refractivity contribution in [2.45, 2.75) is 59.0 Å². The summed E-state index contributed by atoms with van der Waals surface area (Å²) in [6.07, 6.45) is 3.33. The first-order valence-electron chi connectivity index (χ1n) is 6.77. The zero-order chi connectivity index (χ0) is 14.7. The summed E-state index contributed by atoms with van der Waals surface area (Å²) in [5.74, 6) is 0.937. The van der Waals surface area contributed by atoms with Crippen LogP contribution in [0.1, 0.15) is 46.8 Å². The third kappa shape index (κ3) is 4.10. The Bertz CT molecular complexity index is 402. The highest BCUT2D eigenvalue weighted by atomic mass is 16.3. The summed E-state index contributed by atoms with van der Waals surface area (Å²) < 4.78 is 5.28. The van der Waals surface area contributed by atoms with Gasteiger partial charge in [0.25, 0.3) is 0 Å². The first-order chi connectivity index (χ1) is 8.64. The quantitative estimate of drug-likeness (QED) is 0.831. The smallest absolute Gasteiger partial charge is 0.227 e. The fourth-order valence-corrected chi connectivity index (χ4v) is 1.58. The summed E-state index contributed by atoms with van der Waals surface area (Å²) >= 11 is 0. The first kappa shape index (κ1) is 15.8. The number of carbonyl (C=O) groups is 1. The van der Waals surface area contributed by atoms with E-state index in [2.05, 4.69) is 5.32 Å². The number of carbonyl (C=O) groups excluding carboxylic acids is 1. The summed E-state index contributed by atoms with van der Waals surface area (Å²) in [4.78, 5) is 12.3. The second-order valence-electron chi connectivity index (χ2n) is 6.34. The van der Waals surface area contributed by atoms with Crippen molar-refractivity contribution in [2.24, 2.45) is 11.1 Å². The molecule has 0 saturated carbocycles. The Morgan fingerprint density at radius 3 is 2.53 bits per heavy atom. The van der Waals surface area contributed by atoms with Gasteiger partial charge in [0.05, 0.1) is 11.7 Å². The Hall–Kier alpha value is -1.29. The van der Waals surface area contributed by atoms with E-state index in [0.717, 1.165) is 18.6 Å². The molecule has 1 heterocycles. The van der Waals surface area contributed by atoms with Gasteiger partial charge in [-0.3, -0.25) is 4.79 Å². The molecular weight excluding hydrogens is 240 g/mol. The second kappa shape index (κ2) is 5.78. The Morgan fingerprint density at radius 1 is 1.42 bits per heavy atom. The van der Waals surface area contributed by atoms with Gasteiger partial charge in [-0.05, 0) is 53.2 Å². The minimum Gasteiger partial charge on any atom is -0.469 e. The molecule has 1 rings (SSSR count). The van der Waals surface area contributed by atoms with Gasteiger partial charge < -0.3 is 15.5 Å². The van der Waals surface area contributed by atoms with Crippen LogP contribution < -0.4 is 11.1 Å². The lowest BCUT2D eigenvalue weighted by atomic mass is 9.74. The molecule has 0 aliphatic rings. The van der Waals surface area contributed by atoms with Gasteiger partial charge in [-0.25, -0.2) is 0 Å². The summed E-state index contributed by atoms with van der Waals surface area (Å²) in [5.41, 5.74) is 4.90. The van der Waals surface area contributed by atoms with Crippen molar-refractivity contribution in [2.75, 3.05) is 0 Å². The van der Waals surface area contributed by atoms with E-state index < -0.39 is 11.0 Å². The molecule has 0 aliphatic carbocycles. The molecular formula is C15H26N2O2. The van der Waals surface area contributed by atoms with Crippen LogP contribution in [0.25, 0.3) is 0 Å². The molecule has 108 valence electrons. The third-order valence-electron chi connectivity index (χ3n) is 3.96. The van der Waals surface area contributed by atoms with Crippen LogP contribution in [0.3, 0.4) is 0 Å². The van der Waals surface area contributed by atoms with Gasteiger partial charge in [-0.1, -0.05) is 0 Å². The summed E-state index contributed by atoms with van der Waals surface area (Å²) in [6.45, 7) is 9.50. The standard InChI is InChI=1S/C15H26N2O2/c1-11(8-9-12-7-6-10-19-12)17-13(18)14(2,3)15(4,5)16/h6-7,10-11H,8-9,16H2,1-5H3,(H,17,18). The summed E-state index contributed by atoms with van der Waals surface area (Å²) in [6, 6.07) is 3.92. The highest BCUT2D eigenvalue weighted by Crippen LogP contribution is 2.28. The van der Waals surface area contributed by atoms with E-state index >= 15 is 0 Å². The monoisotopic (exact) mass is 266 g/mol. The van der Waals surface area contributed by atoms with E-state index in [4.69, 9.17) is 10.2 Å². The average Bonchev–Trinajstić information content (AvgIpc) is 2.77. The maximum absolute atomic E-state index is 12.3. The van der Waals surface area contributed by atoms with Crippen molar-refractivity contribution in [1.29, 1.82) is 0 Å². The number of furan rings is 1. The van der Waals surface area contributed by atoms with Crippen molar-refractivity contribution in [1.82, 2.24) is 5.32 Å². The lowest BCUT2D eigenvalue weighted by Gasteiger charge is -2.37. The number of nitrogens with one attached hydrogen (secondary N) is 1. The van der Waals surface area contributed by atoms with Crippen molar-refractivity contribution >= 4 is 5.91 Å². The third-order valence-corrected chi connectivity index (χ3v) is 3.96. The number of amides is 1. The predicted molar refractivity (Wildman–Crippen MR) is 76.7 cm³/mol. The average molecular weight is 266 g/mol. The van der Waals surface area contributed by atoms with Crippen LogP contribution in [0.4, 0.5) is 0 Å². The van der Waals surface area contributed by atoms with Crippen LogP contribution in [0.15, 0.2) is 22.8 Å². The fraction of sp³-hybridized carbons (Fsp3) is 0.667. The molecule has 0 aromatic carbocycles. The lowest BCUT2D eigenvalue weighted by Crippen LogP contribution is -2.56. The van der Waals surface area contributed by atoms with Crippen LogP contribution in [-0.4, -0.2) is 17.5 Å². The van der Waals surface area contributed by atoms with Crippen LogP contribution in [-0.2, 0) is 11.2 Å². The highest BCUT2D eigenvalue weighted by molar-refractivity contribution is 5.83. The Labute approximate surface area is 115 Å². The topological polar surface area (TPSA) is 68.3 Å². The molecule has 1 aromatic rings. The Kier molecular flexibility index (Phi) is 4.80. The molecule has 19 heavy (non-hydrogen) atoms. The number of hydrogen-bond acceptors (Lipinski definition) is 3. The normalized spacial score (nSPS) is 14.2. The fourth-order valence-electron chi connectivity index (χ4n) is 1.58. The molecule has 0 bridgehead atoms. The van der Waals surface area contributed by atoms with Crippen LogP contribution in [0.5, 0.6) is 0 Å². The Morgan fingerprint density at radius 2 is 2.05 bits per heavy atom. The van der Waals surface area contributed by atoms with Gasteiger partial charge in [0, 0.05) is 18.0 Å². The number of nitrogens with two attached hydrogens (primary N) is 1. The molecule has 0 radical (unpaired) electrons. The number of rotatable bonds is 6. The van der Waals surface area contributed by atoms with E-state index in [0.29, 0.717) is 0 Å². The zero-order valence-corrected chi connectivity index (χ0v) is 12.6. The minimum absolute atomic E-state index is 0.00746. The number of hydrogen-bond donors (Lipinski definition) is 2. The van der Waals surface area contributed by atoms with E-state index in [-0.39, 0.29) is 11.9 Å². The molecule has 3 N–H and O–H groups in total. The van der Waals surface area contributed by atoms with Gasteiger partial charge in [0.2, 0.25) is 5.91 Å².